The Morgan fingerprint density at radius 3 is 2.36 bits per heavy atom. The van der Waals surface area contributed by atoms with Gasteiger partial charge in [-0.2, -0.15) is 4.31 Å². The van der Waals surface area contributed by atoms with Gasteiger partial charge in [0.25, 0.3) is 10.0 Å². The predicted molar refractivity (Wildman–Crippen MR) is 129 cm³/mol. The lowest BCUT2D eigenvalue weighted by Crippen LogP contribution is -2.38. The van der Waals surface area contributed by atoms with Crippen LogP contribution >= 0.6 is 0 Å². The van der Waals surface area contributed by atoms with Crippen LogP contribution in [-0.4, -0.2) is 33.2 Å². The van der Waals surface area contributed by atoms with E-state index in [2.05, 4.69) is 4.98 Å². The molecule has 0 N–H and O–H groups in total. The summed E-state index contributed by atoms with van der Waals surface area (Å²) in [6.07, 6.45) is 7.38. The van der Waals surface area contributed by atoms with Crippen LogP contribution in [0.2, 0.25) is 0 Å². The molecule has 0 fully saturated rings. The summed E-state index contributed by atoms with van der Waals surface area (Å²) in [4.78, 5) is 17.0. The van der Waals surface area contributed by atoms with E-state index >= 15 is 0 Å². The van der Waals surface area contributed by atoms with Crippen molar-refractivity contribution in [3.05, 3.63) is 84.2 Å². The van der Waals surface area contributed by atoms with Gasteiger partial charge >= 0.3 is 6.09 Å². The minimum absolute atomic E-state index is 0.0522. The summed E-state index contributed by atoms with van der Waals surface area (Å²) >= 11 is 0. The zero-order chi connectivity index (χ0) is 23.7. The smallest absolute Gasteiger partial charge is 0.428 e. The van der Waals surface area contributed by atoms with E-state index in [9.17, 15) is 13.2 Å². The normalized spacial score (nSPS) is 11.3. The number of aromatic nitrogens is 1. The third kappa shape index (κ3) is 5.98. The first kappa shape index (κ1) is 24.0. The fraction of sp³-hybridized carbons (Fsp3) is 0.200. The summed E-state index contributed by atoms with van der Waals surface area (Å²) in [5, 5.41) is 0. The maximum atomic E-state index is 13.6. The Hall–Kier alpha value is -3.65. The first-order chi connectivity index (χ1) is 16.0. The number of carbonyl (C=O) groups excluding carboxylic acids is 1. The molecule has 0 saturated carbocycles. The van der Waals surface area contributed by atoms with Gasteiger partial charge in [0, 0.05) is 12.4 Å². The van der Waals surface area contributed by atoms with Gasteiger partial charge in [-0.05, 0) is 60.0 Å². The molecule has 3 aromatic rings. The van der Waals surface area contributed by atoms with Crippen molar-refractivity contribution in [3.8, 4) is 5.75 Å². The lowest BCUT2D eigenvalue weighted by molar-refractivity contribution is 0.156. The zero-order valence-electron chi connectivity index (χ0n) is 18.5. The summed E-state index contributed by atoms with van der Waals surface area (Å²) in [6, 6.07) is 16.3. The van der Waals surface area contributed by atoms with E-state index in [4.69, 9.17) is 9.47 Å². The average Bonchev–Trinajstić information content (AvgIpc) is 2.84. The van der Waals surface area contributed by atoms with Crippen molar-refractivity contribution in [3.63, 3.8) is 0 Å². The minimum Gasteiger partial charge on any atom is -0.497 e. The molecular formula is C25H26N2O5S. The Balaban J connectivity index is 2.06. The Morgan fingerprint density at radius 2 is 1.70 bits per heavy atom. The van der Waals surface area contributed by atoms with Crippen LogP contribution in [0.5, 0.6) is 5.75 Å². The third-order valence-electron chi connectivity index (χ3n) is 4.80. The Bertz CT molecular complexity index is 1190. The monoisotopic (exact) mass is 466 g/mol. The van der Waals surface area contributed by atoms with Gasteiger partial charge in [-0.25, -0.2) is 13.2 Å². The molecule has 0 aliphatic carbocycles. The number of rotatable bonds is 9. The fourth-order valence-corrected chi connectivity index (χ4v) is 4.38. The molecule has 0 atom stereocenters. The number of amides is 1. The molecule has 2 aromatic carbocycles. The second-order valence-corrected chi connectivity index (χ2v) is 8.87. The van der Waals surface area contributed by atoms with E-state index in [-0.39, 0.29) is 17.2 Å². The van der Waals surface area contributed by atoms with Crippen LogP contribution in [0.25, 0.3) is 12.2 Å². The third-order valence-corrected chi connectivity index (χ3v) is 6.50. The fourth-order valence-electron chi connectivity index (χ4n) is 3.02. The minimum atomic E-state index is -4.26. The van der Waals surface area contributed by atoms with Crippen LogP contribution in [0.4, 0.5) is 10.5 Å². The van der Waals surface area contributed by atoms with E-state index in [1.165, 1.54) is 31.4 Å². The van der Waals surface area contributed by atoms with Crippen molar-refractivity contribution >= 4 is 34.0 Å². The average molecular weight is 467 g/mol. The van der Waals surface area contributed by atoms with Gasteiger partial charge < -0.3 is 9.47 Å². The van der Waals surface area contributed by atoms with Crippen molar-refractivity contribution in [2.24, 2.45) is 0 Å². The molecular weight excluding hydrogens is 440 g/mol. The van der Waals surface area contributed by atoms with Crippen molar-refractivity contribution in [2.45, 2.75) is 24.7 Å². The predicted octanol–water partition coefficient (Wildman–Crippen LogP) is 5.39. The first-order valence-electron chi connectivity index (χ1n) is 10.5. The maximum Gasteiger partial charge on any atom is 0.428 e. The molecule has 0 aliphatic rings. The lowest BCUT2D eigenvalue weighted by Gasteiger charge is -2.23. The summed E-state index contributed by atoms with van der Waals surface area (Å²) in [7, 11) is -2.77. The second-order valence-electron chi connectivity index (χ2n) is 7.09. The topological polar surface area (TPSA) is 85.8 Å². The zero-order valence-corrected chi connectivity index (χ0v) is 19.4. The highest BCUT2D eigenvalue weighted by molar-refractivity contribution is 7.93. The summed E-state index contributed by atoms with van der Waals surface area (Å²) in [5.41, 5.74) is 1.62. The van der Waals surface area contributed by atoms with Gasteiger partial charge in [-0.3, -0.25) is 4.98 Å². The van der Waals surface area contributed by atoms with Gasteiger partial charge in [-0.1, -0.05) is 43.7 Å². The van der Waals surface area contributed by atoms with E-state index in [0.717, 1.165) is 16.3 Å². The second kappa shape index (κ2) is 11.3. The number of ether oxygens (including phenoxy) is 2. The lowest BCUT2D eigenvalue weighted by atomic mass is 10.1. The number of pyridine rings is 1. The first-order valence-corrected chi connectivity index (χ1v) is 11.9. The molecule has 0 radical (unpaired) electrons. The van der Waals surface area contributed by atoms with Crippen molar-refractivity contribution in [2.75, 3.05) is 18.0 Å². The van der Waals surface area contributed by atoms with Crippen LogP contribution in [0.15, 0.2) is 78.0 Å². The van der Waals surface area contributed by atoms with Crippen molar-refractivity contribution in [1.82, 2.24) is 4.98 Å². The number of sulfonamides is 1. The largest absolute Gasteiger partial charge is 0.497 e. The van der Waals surface area contributed by atoms with Crippen LogP contribution < -0.4 is 9.04 Å². The summed E-state index contributed by atoms with van der Waals surface area (Å²) < 4.78 is 38.3. The van der Waals surface area contributed by atoms with Gasteiger partial charge in [0.2, 0.25) is 0 Å². The van der Waals surface area contributed by atoms with Gasteiger partial charge in [0.05, 0.1) is 24.3 Å². The summed E-state index contributed by atoms with van der Waals surface area (Å²) in [6.45, 7) is 2.08. The number of hydrogen-bond acceptors (Lipinski definition) is 6. The highest BCUT2D eigenvalue weighted by Gasteiger charge is 2.33. The van der Waals surface area contributed by atoms with Crippen LogP contribution in [-0.2, 0) is 14.8 Å². The Labute approximate surface area is 194 Å². The van der Waals surface area contributed by atoms with E-state index in [1.807, 2.05) is 25.1 Å². The molecule has 0 bridgehead atoms. The molecule has 0 saturated heterocycles. The van der Waals surface area contributed by atoms with Gasteiger partial charge in [0.1, 0.15) is 5.75 Å². The molecule has 1 aromatic heterocycles. The van der Waals surface area contributed by atoms with Gasteiger partial charge in [-0.15, -0.1) is 0 Å². The Morgan fingerprint density at radius 1 is 1.00 bits per heavy atom. The number of unbranched alkanes of at least 4 members (excludes halogenated alkanes) is 1. The molecule has 0 unspecified atom stereocenters. The number of benzene rings is 2. The quantitative estimate of drug-likeness (QED) is 0.393. The molecule has 8 heteroatoms. The van der Waals surface area contributed by atoms with E-state index in [0.29, 0.717) is 17.7 Å². The number of nitrogens with zero attached hydrogens (tertiary/aromatic N) is 2. The molecule has 1 heterocycles. The molecule has 172 valence electrons. The van der Waals surface area contributed by atoms with Crippen LogP contribution in [0, 0.1) is 0 Å². The number of anilines is 1. The molecule has 7 nitrogen and oxygen atoms in total. The highest BCUT2D eigenvalue weighted by atomic mass is 32.2. The van der Waals surface area contributed by atoms with Gasteiger partial charge in [0.15, 0.2) is 0 Å². The SMILES string of the molecule is CCCCOC(=O)N(c1ccccc1C=Cc1ccncc1)S(=O)(=O)c1ccc(OC)cc1. The summed E-state index contributed by atoms with van der Waals surface area (Å²) in [5.74, 6) is 0.506. The highest BCUT2D eigenvalue weighted by Crippen LogP contribution is 2.30. The van der Waals surface area contributed by atoms with E-state index < -0.39 is 16.1 Å². The van der Waals surface area contributed by atoms with E-state index in [1.54, 1.807) is 42.7 Å². The number of methoxy groups -OCH3 is 1. The number of carbonyl (C=O) groups is 1. The van der Waals surface area contributed by atoms with Crippen molar-refractivity contribution in [1.29, 1.82) is 0 Å². The Kier molecular flexibility index (Phi) is 8.21. The van der Waals surface area contributed by atoms with Crippen LogP contribution in [0.3, 0.4) is 0 Å². The maximum absolute atomic E-state index is 13.6. The molecule has 33 heavy (non-hydrogen) atoms. The molecule has 3 rings (SSSR count). The number of hydrogen-bond donors (Lipinski definition) is 0. The standard InChI is InChI=1S/C25H26N2O5S/c1-3-4-19-32-25(28)27(33(29,30)23-13-11-22(31-2)12-14-23)24-8-6-5-7-21(24)10-9-20-15-17-26-18-16-20/h5-18H,3-4,19H2,1-2H3. The molecule has 1 amide bonds. The molecule has 0 aliphatic heterocycles. The van der Waals surface area contributed by atoms with Crippen LogP contribution in [0.1, 0.15) is 30.9 Å². The van der Waals surface area contributed by atoms with Crippen molar-refractivity contribution < 1.29 is 22.7 Å². The number of para-hydroxylation sites is 1. The molecule has 0 spiro atoms.